The molecule has 0 heterocycles. The molecular weight excluding hydrogens is 276 g/mol. The predicted molar refractivity (Wildman–Crippen MR) is 78.3 cm³/mol. The number of benzene rings is 2. The Morgan fingerprint density at radius 3 is 2.60 bits per heavy atom. The number of carbonyl (C=O) groups excluding carboxylic acids is 1. The minimum Gasteiger partial charge on any atom is -0.469 e. The van der Waals surface area contributed by atoms with Crippen molar-refractivity contribution in [2.75, 3.05) is 7.11 Å². The Morgan fingerprint density at radius 2 is 1.90 bits per heavy atom. The molecule has 2 aromatic carbocycles. The molecule has 0 aliphatic heterocycles. The lowest BCUT2D eigenvalue weighted by Crippen LogP contribution is -2.02. The molecule has 0 unspecified atom stereocenters. The first-order valence-electron chi connectivity index (χ1n) is 6.27. The number of methoxy groups -OCH3 is 1. The Kier molecular flexibility index (Phi) is 5.02. The molecular formula is C16H15ClO3. The average Bonchev–Trinajstić information content (AvgIpc) is 2.48. The van der Waals surface area contributed by atoms with Gasteiger partial charge in [0.15, 0.2) is 0 Å². The van der Waals surface area contributed by atoms with Crippen LogP contribution in [-0.2, 0) is 16.0 Å². The van der Waals surface area contributed by atoms with Gasteiger partial charge in [0.05, 0.1) is 7.11 Å². The summed E-state index contributed by atoms with van der Waals surface area (Å²) in [6, 6.07) is 14.9. The maximum Gasteiger partial charge on any atom is 0.305 e. The zero-order valence-electron chi connectivity index (χ0n) is 11.1. The largest absolute Gasteiger partial charge is 0.469 e. The zero-order valence-corrected chi connectivity index (χ0v) is 11.9. The molecule has 0 amide bonds. The molecule has 20 heavy (non-hydrogen) atoms. The van der Waals surface area contributed by atoms with Crippen molar-refractivity contribution in [2.24, 2.45) is 0 Å². The molecule has 4 heteroatoms. The lowest BCUT2D eigenvalue weighted by Gasteiger charge is -2.11. The number of esters is 1. The molecule has 0 aliphatic carbocycles. The second-order valence-corrected chi connectivity index (χ2v) is 4.68. The molecule has 104 valence electrons. The molecule has 0 atom stereocenters. The van der Waals surface area contributed by atoms with Gasteiger partial charge in [-0.2, -0.15) is 0 Å². The smallest absolute Gasteiger partial charge is 0.305 e. The van der Waals surface area contributed by atoms with Crippen LogP contribution >= 0.6 is 11.6 Å². The molecule has 0 spiro atoms. The highest BCUT2D eigenvalue weighted by Gasteiger charge is 2.09. The number of halogens is 1. The fraction of sp³-hybridized carbons (Fsp3) is 0.188. The Bertz CT molecular complexity index is 582. The molecule has 0 aliphatic rings. The summed E-state index contributed by atoms with van der Waals surface area (Å²) in [6.07, 6.45) is 0.817. The summed E-state index contributed by atoms with van der Waals surface area (Å²) in [7, 11) is 1.38. The van der Waals surface area contributed by atoms with Crippen molar-refractivity contribution in [3.05, 3.63) is 59.1 Å². The molecule has 0 bridgehead atoms. The van der Waals surface area contributed by atoms with E-state index in [2.05, 4.69) is 4.74 Å². The minimum absolute atomic E-state index is 0.254. The maximum absolute atomic E-state index is 11.2. The Hall–Kier alpha value is -2.00. The second kappa shape index (κ2) is 6.96. The van der Waals surface area contributed by atoms with Gasteiger partial charge in [-0.15, -0.1) is 0 Å². The Balaban J connectivity index is 2.17. The van der Waals surface area contributed by atoms with Crippen molar-refractivity contribution in [3.8, 4) is 11.5 Å². The summed E-state index contributed by atoms with van der Waals surface area (Å²) in [6.45, 7) is 0. The summed E-state index contributed by atoms with van der Waals surface area (Å²) < 4.78 is 10.5. The molecule has 0 N–H and O–H groups in total. The van der Waals surface area contributed by atoms with Gasteiger partial charge >= 0.3 is 5.97 Å². The number of ether oxygens (including phenoxy) is 2. The first-order chi connectivity index (χ1) is 9.69. The predicted octanol–water partition coefficient (Wildman–Crippen LogP) is 4.24. The normalized spacial score (nSPS) is 10.1. The van der Waals surface area contributed by atoms with E-state index in [9.17, 15) is 4.79 Å². The molecule has 0 radical (unpaired) electrons. The van der Waals surface area contributed by atoms with Crippen LogP contribution < -0.4 is 4.74 Å². The molecule has 0 aromatic heterocycles. The maximum atomic E-state index is 11.2. The highest BCUT2D eigenvalue weighted by molar-refractivity contribution is 6.30. The van der Waals surface area contributed by atoms with Crippen molar-refractivity contribution in [1.29, 1.82) is 0 Å². The van der Waals surface area contributed by atoms with Crippen LogP contribution in [0, 0.1) is 0 Å². The number of hydrogen-bond acceptors (Lipinski definition) is 3. The SMILES string of the molecule is COC(=O)CCc1cc(Cl)ccc1Oc1ccccc1. The van der Waals surface area contributed by atoms with E-state index in [4.69, 9.17) is 16.3 Å². The van der Waals surface area contributed by atoms with Crippen LogP contribution in [0.2, 0.25) is 5.02 Å². The molecule has 0 saturated heterocycles. The lowest BCUT2D eigenvalue weighted by molar-refractivity contribution is -0.140. The highest BCUT2D eigenvalue weighted by Crippen LogP contribution is 2.28. The van der Waals surface area contributed by atoms with Gasteiger partial charge in [-0.05, 0) is 42.3 Å². The van der Waals surface area contributed by atoms with Crippen LogP contribution in [0.4, 0.5) is 0 Å². The van der Waals surface area contributed by atoms with E-state index < -0.39 is 0 Å². The highest BCUT2D eigenvalue weighted by atomic mass is 35.5. The summed E-state index contributed by atoms with van der Waals surface area (Å²) in [5, 5.41) is 0.616. The van der Waals surface area contributed by atoms with E-state index >= 15 is 0 Å². The molecule has 2 aromatic rings. The lowest BCUT2D eigenvalue weighted by atomic mass is 10.1. The summed E-state index contributed by atoms with van der Waals surface area (Å²) in [5.74, 6) is 1.19. The van der Waals surface area contributed by atoms with Gasteiger partial charge in [-0.3, -0.25) is 4.79 Å². The Labute approximate surface area is 123 Å². The number of para-hydroxylation sites is 1. The average molecular weight is 291 g/mol. The van der Waals surface area contributed by atoms with Crippen molar-refractivity contribution < 1.29 is 14.3 Å². The second-order valence-electron chi connectivity index (χ2n) is 4.24. The first-order valence-corrected chi connectivity index (χ1v) is 6.65. The van der Waals surface area contributed by atoms with Gasteiger partial charge < -0.3 is 9.47 Å². The third-order valence-corrected chi connectivity index (χ3v) is 3.05. The van der Waals surface area contributed by atoms with Crippen molar-refractivity contribution in [2.45, 2.75) is 12.8 Å². The van der Waals surface area contributed by atoms with Crippen LogP contribution in [0.15, 0.2) is 48.5 Å². The van der Waals surface area contributed by atoms with Crippen LogP contribution in [-0.4, -0.2) is 13.1 Å². The molecule has 0 fully saturated rings. The van der Waals surface area contributed by atoms with E-state index in [1.54, 1.807) is 6.07 Å². The number of hydrogen-bond donors (Lipinski definition) is 0. The van der Waals surface area contributed by atoms with Gasteiger partial charge in [-0.1, -0.05) is 29.8 Å². The number of rotatable bonds is 5. The number of aryl methyl sites for hydroxylation is 1. The van der Waals surface area contributed by atoms with E-state index in [0.717, 1.165) is 11.3 Å². The van der Waals surface area contributed by atoms with Gasteiger partial charge in [-0.25, -0.2) is 0 Å². The van der Waals surface area contributed by atoms with E-state index in [1.807, 2.05) is 42.5 Å². The van der Waals surface area contributed by atoms with Crippen LogP contribution in [0.1, 0.15) is 12.0 Å². The van der Waals surface area contributed by atoms with Gasteiger partial charge in [0.1, 0.15) is 11.5 Å². The van der Waals surface area contributed by atoms with Gasteiger partial charge in [0.2, 0.25) is 0 Å². The monoisotopic (exact) mass is 290 g/mol. The topological polar surface area (TPSA) is 35.5 Å². The molecule has 3 nitrogen and oxygen atoms in total. The van der Waals surface area contributed by atoms with E-state index in [0.29, 0.717) is 23.6 Å². The zero-order chi connectivity index (χ0) is 14.4. The first kappa shape index (κ1) is 14.4. The molecule has 0 saturated carbocycles. The van der Waals surface area contributed by atoms with Crippen molar-refractivity contribution in [1.82, 2.24) is 0 Å². The van der Waals surface area contributed by atoms with Crippen molar-refractivity contribution >= 4 is 17.6 Å². The summed E-state index contributed by atoms with van der Waals surface area (Å²) in [5.41, 5.74) is 0.881. The van der Waals surface area contributed by atoms with Crippen LogP contribution in [0.25, 0.3) is 0 Å². The van der Waals surface area contributed by atoms with E-state index in [1.165, 1.54) is 7.11 Å². The third kappa shape index (κ3) is 4.00. The third-order valence-electron chi connectivity index (χ3n) is 2.82. The summed E-state index contributed by atoms with van der Waals surface area (Å²) >= 11 is 6.00. The fourth-order valence-corrected chi connectivity index (χ4v) is 1.99. The van der Waals surface area contributed by atoms with Crippen LogP contribution in [0.3, 0.4) is 0 Å². The quantitative estimate of drug-likeness (QED) is 0.773. The summed E-state index contributed by atoms with van der Waals surface area (Å²) in [4.78, 5) is 11.2. The van der Waals surface area contributed by atoms with Gasteiger partial charge in [0, 0.05) is 11.4 Å². The Morgan fingerprint density at radius 1 is 1.15 bits per heavy atom. The standard InChI is InChI=1S/C16H15ClO3/c1-19-16(18)10-7-12-11-13(17)8-9-15(12)20-14-5-3-2-4-6-14/h2-6,8-9,11H,7,10H2,1H3. The number of carbonyl (C=O) groups is 1. The fourth-order valence-electron chi connectivity index (χ4n) is 1.80. The molecule has 2 rings (SSSR count). The minimum atomic E-state index is -0.254. The van der Waals surface area contributed by atoms with Gasteiger partial charge in [0.25, 0.3) is 0 Å². The van der Waals surface area contributed by atoms with E-state index in [-0.39, 0.29) is 5.97 Å². The van der Waals surface area contributed by atoms with Crippen molar-refractivity contribution in [3.63, 3.8) is 0 Å². The van der Waals surface area contributed by atoms with Crippen LogP contribution in [0.5, 0.6) is 11.5 Å².